The second kappa shape index (κ2) is 7.40. The maximum atomic E-state index is 11.9. The van der Waals surface area contributed by atoms with Crippen LogP contribution < -0.4 is 16.6 Å². The molecule has 6 nitrogen and oxygen atoms in total. The highest BCUT2D eigenvalue weighted by Crippen LogP contribution is 2.19. The molecule has 0 bridgehead atoms. The molecule has 0 saturated heterocycles. The minimum absolute atomic E-state index is 0.0846. The first-order valence-corrected chi connectivity index (χ1v) is 7.37. The molecule has 1 aliphatic carbocycles. The van der Waals surface area contributed by atoms with Crippen LogP contribution in [0.4, 0.5) is 5.82 Å². The molecular formula is C14H24N4O2. The molecule has 0 unspecified atom stereocenters. The molecule has 1 aliphatic rings. The average Bonchev–Trinajstić information content (AvgIpc) is 2.47. The first-order valence-electron chi connectivity index (χ1n) is 7.37. The van der Waals surface area contributed by atoms with E-state index in [9.17, 15) is 4.79 Å². The van der Waals surface area contributed by atoms with Gasteiger partial charge < -0.3 is 20.4 Å². The third-order valence-electron chi connectivity index (χ3n) is 3.72. The quantitative estimate of drug-likeness (QED) is 0.759. The van der Waals surface area contributed by atoms with E-state index in [1.54, 1.807) is 17.0 Å². The number of nitrogens with one attached hydrogen (secondary N) is 1. The predicted molar refractivity (Wildman–Crippen MR) is 78.8 cm³/mol. The molecule has 1 fully saturated rings. The standard InChI is InChI=1S/C14H24N4O2/c1-2-18-9-7-16-13(14(18)19)17-8-10-20-12-5-3-11(15)4-6-12/h7,9,11-12H,2-6,8,10,15H2,1H3,(H,16,17). The van der Waals surface area contributed by atoms with Crippen molar-refractivity contribution in [1.29, 1.82) is 0 Å². The van der Waals surface area contributed by atoms with Crippen molar-refractivity contribution < 1.29 is 4.74 Å². The van der Waals surface area contributed by atoms with Gasteiger partial charge in [0.15, 0.2) is 5.82 Å². The lowest BCUT2D eigenvalue weighted by Gasteiger charge is -2.26. The molecule has 2 rings (SSSR count). The second-order valence-electron chi connectivity index (χ2n) is 5.20. The Morgan fingerprint density at radius 1 is 1.45 bits per heavy atom. The van der Waals surface area contributed by atoms with Gasteiger partial charge in [-0.1, -0.05) is 0 Å². The van der Waals surface area contributed by atoms with Crippen LogP contribution in [0.5, 0.6) is 0 Å². The molecular weight excluding hydrogens is 256 g/mol. The monoisotopic (exact) mass is 280 g/mol. The van der Waals surface area contributed by atoms with E-state index in [-0.39, 0.29) is 5.56 Å². The van der Waals surface area contributed by atoms with Crippen LogP contribution in [-0.2, 0) is 11.3 Å². The van der Waals surface area contributed by atoms with Crippen molar-refractivity contribution in [2.45, 2.75) is 51.3 Å². The summed E-state index contributed by atoms with van der Waals surface area (Å²) in [5.41, 5.74) is 5.77. The molecule has 20 heavy (non-hydrogen) atoms. The summed E-state index contributed by atoms with van der Waals surface area (Å²) in [7, 11) is 0. The van der Waals surface area contributed by atoms with Crippen LogP contribution in [0.1, 0.15) is 32.6 Å². The van der Waals surface area contributed by atoms with E-state index < -0.39 is 0 Å². The van der Waals surface area contributed by atoms with Crippen molar-refractivity contribution in [2.75, 3.05) is 18.5 Å². The number of aryl methyl sites for hydroxylation is 1. The van der Waals surface area contributed by atoms with Gasteiger partial charge in [0, 0.05) is 31.5 Å². The Balaban J connectivity index is 1.72. The summed E-state index contributed by atoms with van der Waals surface area (Å²) < 4.78 is 7.42. The predicted octanol–water partition coefficient (Wildman–Crippen LogP) is 0.962. The van der Waals surface area contributed by atoms with Crippen LogP contribution in [0.2, 0.25) is 0 Å². The van der Waals surface area contributed by atoms with Gasteiger partial charge in [-0.05, 0) is 32.6 Å². The van der Waals surface area contributed by atoms with Gasteiger partial charge in [-0.15, -0.1) is 0 Å². The Bertz CT molecular complexity index is 466. The molecule has 3 N–H and O–H groups in total. The smallest absolute Gasteiger partial charge is 0.293 e. The average molecular weight is 280 g/mol. The number of nitrogens with zero attached hydrogens (tertiary/aromatic N) is 2. The number of ether oxygens (including phenoxy) is 1. The molecule has 1 aromatic rings. The van der Waals surface area contributed by atoms with Gasteiger partial charge in [0.25, 0.3) is 5.56 Å². The Hall–Kier alpha value is -1.40. The van der Waals surface area contributed by atoms with Crippen molar-refractivity contribution in [2.24, 2.45) is 5.73 Å². The zero-order valence-electron chi connectivity index (χ0n) is 12.0. The fourth-order valence-electron chi connectivity index (χ4n) is 2.47. The first kappa shape index (κ1) is 15.0. The molecule has 0 amide bonds. The Kier molecular flexibility index (Phi) is 5.55. The van der Waals surface area contributed by atoms with Crippen molar-refractivity contribution in [1.82, 2.24) is 9.55 Å². The summed E-state index contributed by atoms with van der Waals surface area (Å²) in [6.07, 6.45) is 7.79. The van der Waals surface area contributed by atoms with Gasteiger partial charge in [-0.2, -0.15) is 0 Å². The minimum Gasteiger partial charge on any atom is -0.376 e. The van der Waals surface area contributed by atoms with Crippen LogP contribution in [0.25, 0.3) is 0 Å². The summed E-state index contributed by atoms with van der Waals surface area (Å²) in [5, 5.41) is 3.04. The van der Waals surface area contributed by atoms with Crippen LogP contribution >= 0.6 is 0 Å². The molecule has 0 atom stereocenters. The van der Waals surface area contributed by atoms with E-state index in [0.717, 1.165) is 25.7 Å². The maximum Gasteiger partial charge on any atom is 0.293 e. The molecule has 6 heteroatoms. The van der Waals surface area contributed by atoms with Crippen molar-refractivity contribution in [3.63, 3.8) is 0 Å². The molecule has 0 aromatic carbocycles. The number of rotatable bonds is 6. The van der Waals surface area contributed by atoms with E-state index in [1.165, 1.54) is 0 Å². The van der Waals surface area contributed by atoms with E-state index in [4.69, 9.17) is 10.5 Å². The SMILES string of the molecule is CCn1ccnc(NCCOC2CCC(N)CC2)c1=O. The fourth-order valence-corrected chi connectivity index (χ4v) is 2.47. The number of anilines is 1. The zero-order valence-corrected chi connectivity index (χ0v) is 12.0. The largest absolute Gasteiger partial charge is 0.376 e. The first-order chi connectivity index (χ1) is 9.70. The molecule has 0 spiro atoms. The summed E-state index contributed by atoms with van der Waals surface area (Å²) in [6.45, 7) is 3.76. The van der Waals surface area contributed by atoms with Crippen LogP contribution in [0.3, 0.4) is 0 Å². The van der Waals surface area contributed by atoms with E-state index >= 15 is 0 Å². The highest BCUT2D eigenvalue weighted by atomic mass is 16.5. The lowest BCUT2D eigenvalue weighted by molar-refractivity contribution is 0.0313. The third kappa shape index (κ3) is 4.05. The third-order valence-corrected chi connectivity index (χ3v) is 3.72. The molecule has 1 aromatic heterocycles. The van der Waals surface area contributed by atoms with E-state index in [1.807, 2.05) is 6.92 Å². The summed E-state index contributed by atoms with van der Waals surface area (Å²) in [6, 6.07) is 0.342. The van der Waals surface area contributed by atoms with Gasteiger partial charge in [0.2, 0.25) is 0 Å². The molecule has 0 radical (unpaired) electrons. The Morgan fingerprint density at radius 2 is 2.20 bits per heavy atom. The lowest BCUT2D eigenvalue weighted by Crippen LogP contribution is -2.31. The number of hydrogen-bond donors (Lipinski definition) is 2. The van der Waals surface area contributed by atoms with Gasteiger partial charge in [0.1, 0.15) is 0 Å². The second-order valence-corrected chi connectivity index (χ2v) is 5.20. The minimum atomic E-state index is -0.0846. The van der Waals surface area contributed by atoms with Crippen molar-refractivity contribution in [3.05, 3.63) is 22.7 Å². The number of aromatic nitrogens is 2. The van der Waals surface area contributed by atoms with Crippen LogP contribution in [0.15, 0.2) is 17.2 Å². The van der Waals surface area contributed by atoms with Crippen LogP contribution in [0, 0.1) is 0 Å². The maximum absolute atomic E-state index is 11.9. The summed E-state index contributed by atoms with van der Waals surface area (Å²) in [5.74, 6) is 0.392. The number of hydrogen-bond acceptors (Lipinski definition) is 5. The number of nitrogens with two attached hydrogens (primary N) is 1. The van der Waals surface area contributed by atoms with Gasteiger partial charge in [0.05, 0.1) is 12.7 Å². The molecule has 1 heterocycles. The summed E-state index contributed by atoms with van der Waals surface area (Å²) in [4.78, 5) is 16.0. The lowest BCUT2D eigenvalue weighted by atomic mass is 9.94. The Labute approximate surface area is 119 Å². The van der Waals surface area contributed by atoms with Gasteiger partial charge in [-0.3, -0.25) is 4.79 Å². The summed E-state index contributed by atoms with van der Waals surface area (Å²) >= 11 is 0. The zero-order chi connectivity index (χ0) is 14.4. The molecule has 1 saturated carbocycles. The van der Waals surface area contributed by atoms with Gasteiger partial charge in [-0.25, -0.2) is 4.98 Å². The Morgan fingerprint density at radius 3 is 2.90 bits per heavy atom. The molecule has 0 aliphatic heterocycles. The highest BCUT2D eigenvalue weighted by Gasteiger charge is 2.18. The fraction of sp³-hybridized carbons (Fsp3) is 0.714. The van der Waals surface area contributed by atoms with Crippen molar-refractivity contribution >= 4 is 5.82 Å². The highest BCUT2D eigenvalue weighted by molar-refractivity contribution is 5.30. The normalized spacial score (nSPS) is 22.7. The topological polar surface area (TPSA) is 82.2 Å². The van der Waals surface area contributed by atoms with Crippen molar-refractivity contribution in [3.8, 4) is 0 Å². The molecule has 112 valence electrons. The van der Waals surface area contributed by atoms with Gasteiger partial charge >= 0.3 is 0 Å². The van der Waals surface area contributed by atoms with E-state index in [2.05, 4.69) is 10.3 Å². The van der Waals surface area contributed by atoms with Crippen LogP contribution in [-0.4, -0.2) is 34.8 Å². The van der Waals surface area contributed by atoms with E-state index in [0.29, 0.717) is 37.7 Å².